The predicted molar refractivity (Wildman–Crippen MR) is 181 cm³/mol. The van der Waals surface area contributed by atoms with Gasteiger partial charge >= 0.3 is 11.9 Å². The lowest BCUT2D eigenvalue weighted by Gasteiger charge is -2.20. The third-order valence-corrected chi connectivity index (χ3v) is 7.96. The van der Waals surface area contributed by atoms with Crippen LogP contribution in [0.5, 0.6) is 5.75 Å². The summed E-state index contributed by atoms with van der Waals surface area (Å²) in [5, 5.41) is 1.60. The van der Waals surface area contributed by atoms with Gasteiger partial charge in [-0.15, -0.1) is 0 Å². The molecule has 11 heteroatoms. The number of carbonyl (C=O) groups is 3. The Balaban J connectivity index is 0.000000247. The Morgan fingerprint density at radius 2 is 1.60 bits per heavy atom. The number of anilines is 1. The number of rotatable bonds is 11. The minimum absolute atomic E-state index is 0.0654. The number of nitrogens with two attached hydrogens (primary N) is 1. The highest BCUT2D eigenvalue weighted by atomic mass is 79.9. The van der Waals surface area contributed by atoms with Gasteiger partial charge < -0.3 is 19.9 Å². The number of nitrogens with zero attached hydrogens (tertiary/aromatic N) is 2. The largest absolute Gasteiger partial charge is 0.497 e. The molecule has 1 heterocycles. The molecule has 45 heavy (non-hydrogen) atoms. The van der Waals surface area contributed by atoms with Crippen LogP contribution in [-0.2, 0) is 20.8 Å². The van der Waals surface area contributed by atoms with E-state index in [1.807, 2.05) is 31.2 Å². The Morgan fingerprint density at radius 3 is 2.22 bits per heavy atom. The van der Waals surface area contributed by atoms with E-state index in [0.29, 0.717) is 39.3 Å². The van der Waals surface area contributed by atoms with Gasteiger partial charge in [0.05, 0.1) is 37.1 Å². The molecular formula is C34H39BrClN3O6. The lowest BCUT2D eigenvalue weighted by atomic mass is 10.1. The van der Waals surface area contributed by atoms with Crippen molar-refractivity contribution in [2.45, 2.75) is 40.7 Å². The molecule has 0 spiro atoms. The molecule has 240 valence electrons. The van der Waals surface area contributed by atoms with Gasteiger partial charge in [0.25, 0.3) is 5.91 Å². The molecule has 0 saturated carbocycles. The topological polar surface area (TPSA) is 113 Å². The average Bonchev–Trinajstić information content (AvgIpc) is 3.36. The molecule has 0 aliphatic heterocycles. The maximum absolute atomic E-state index is 12.7. The van der Waals surface area contributed by atoms with Crippen molar-refractivity contribution in [3.05, 3.63) is 92.5 Å². The van der Waals surface area contributed by atoms with Gasteiger partial charge in [-0.05, 0) is 102 Å². The summed E-state index contributed by atoms with van der Waals surface area (Å²) in [7, 11) is 1.63. The monoisotopic (exact) mass is 699 g/mol. The van der Waals surface area contributed by atoms with Gasteiger partial charge in [-0.1, -0.05) is 25.4 Å². The molecule has 9 nitrogen and oxygen atoms in total. The lowest BCUT2D eigenvalue weighted by molar-refractivity contribution is -0.141. The van der Waals surface area contributed by atoms with Crippen LogP contribution in [0.25, 0.3) is 10.9 Å². The third-order valence-electron chi connectivity index (χ3n) is 7.05. The summed E-state index contributed by atoms with van der Waals surface area (Å²) in [4.78, 5) is 37.7. The first-order valence-corrected chi connectivity index (χ1v) is 15.7. The normalized spacial score (nSPS) is 10.8. The van der Waals surface area contributed by atoms with Crippen LogP contribution in [-0.4, -0.2) is 60.7 Å². The van der Waals surface area contributed by atoms with Crippen molar-refractivity contribution in [3.63, 3.8) is 0 Å². The fraction of sp³-hybridized carbons (Fsp3) is 0.324. The van der Waals surface area contributed by atoms with E-state index in [1.54, 1.807) is 48.1 Å². The number of aryl methyl sites for hydroxylation is 1. The summed E-state index contributed by atoms with van der Waals surface area (Å²) in [6, 6.07) is 18.0. The van der Waals surface area contributed by atoms with Gasteiger partial charge in [-0.3, -0.25) is 19.1 Å². The summed E-state index contributed by atoms with van der Waals surface area (Å²) < 4.78 is 17.6. The number of hydrogen-bond acceptors (Lipinski definition) is 8. The Morgan fingerprint density at radius 1 is 0.933 bits per heavy atom. The molecular weight excluding hydrogens is 662 g/mol. The van der Waals surface area contributed by atoms with Crippen LogP contribution in [0.3, 0.4) is 0 Å². The van der Waals surface area contributed by atoms with E-state index in [1.165, 1.54) is 6.92 Å². The highest BCUT2D eigenvalue weighted by Gasteiger charge is 2.16. The van der Waals surface area contributed by atoms with Crippen LogP contribution in [0.2, 0.25) is 5.02 Å². The molecule has 0 saturated heterocycles. The number of carbonyl (C=O) groups excluding carboxylic acids is 3. The first kappa shape index (κ1) is 35.6. The third kappa shape index (κ3) is 9.81. The second kappa shape index (κ2) is 17.0. The number of esters is 2. The van der Waals surface area contributed by atoms with Crippen molar-refractivity contribution in [2.24, 2.45) is 0 Å². The fourth-order valence-corrected chi connectivity index (χ4v) is 5.21. The molecule has 4 rings (SSSR count). The van der Waals surface area contributed by atoms with Gasteiger partial charge in [0, 0.05) is 46.0 Å². The number of ether oxygens (including phenoxy) is 3. The molecule has 0 fully saturated rings. The lowest BCUT2D eigenvalue weighted by Crippen LogP contribution is -2.23. The summed E-state index contributed by atoms with van der Waals surface area (Å²) in [6.07, 6.45) is 0.466. The highest BCUT2D eigenvalue weighted by molar-refractivity contribution is 9.10. The SMILES string of the molecule is CCN(CC)Cc1cc(C(=O)OCCCOC(C)=O)cc(Br)c1N.COc1ccc2c(c1)cc(C)n2C(=O)c1ccc(Cl)cc1. The van der Waals surface area contributed by atoms with Gasteiger partial charge in [-0.2, -0.15) is 0 Å². The van der Waals surface area contributed by atoms with Crippen molar-refractivity contribution < 1.29 is 28.6 Å². The number of aromatic nitrogens is 1. The average molecular weight is 701 g/mol. The molecule has 1 aromatic heterocycles. The number of fused-ring (bicyclic) bond motifs is 1. The van der Waals surface area contributed by atoms with Crippen molar-refractivity contribution in [1.29, 1.82) is 0 Å². The van der Waals surface area contributed by atoms with E-state index in [0.717, 1.165) is 41.0 Å². The van der Waals surface area contributed by atoms with Gasteiger partial charge in [0.2, 0.25) is 0 Å². The smallest absolute Gasteiger partial charge is 0.338 e. The quantitative estimate of drug-likeness (QED) is 0.0987. The predicted octanol–water partition coefficient (Wildman–Crippen LogP) is 7.28. The second-order valence-electron chi connectivity index (χ2n) is 10.2. The van der Waals surface area contributed by atoms with Crippen LogP contribution in [0.15, 0.2) is 65.1 Å². The molecule has 0 radical (unpaired) electrons. The van der Waals surface area contributed by atoms with Gasteiger partial charge in [0.1, 0.15) is 5.75 Å². The molecule has 0 amide bonds. The second-order valence-corrected chi connectivity index (χ2v) is 11.5. The molecule has 0 unspecified atom stereocenters. The molecule has 0 aliphatic rings. The van der Waals surface area contributed by atoms with E-state index in [4.69, 9.17) is 31.5 Å². The molecule has 4 aromatic rings. The molecule has 0 bridgehead atoms. The van der Waals surface area contributed by atoms with Crippen LogP contribution in [0.4, 0.5) is 5.69 Å². The molecule has 0 aliphatic carbocycles. The minimum Gasteiger partial charge on any atom is -0.497 e. The van der Waals surface area contributed by atoms with Crippen molar-refractivity contribution in [2.75, 3.05) is 39.1 Å². The zero-order chi connectivity index (χ0) is 33.1. The Hall–Kier alpha value is -3.86. The number of nitrogen functional groups attached to an aromatic ring is 1. The van der Waals surface area contributed by atoms with E-state index in [9.17, 15) is 14.4 Å². The van der Waals surface area contributed by atoms with Crippen LogP contribution < -0.4 is 10.5 Å². The van der Waals surface area contributed by atoms with Gasteiger partial charge in [-0.25, -0.2) is 4.79 Å². The van der Waals surface area contributed by atoms with Crippen molar-refractivity contribution in [1.82, 2.24) is 9.47 Å². The van der Waals surface area contributed by atoms with E-state index < -0.39 is 5.97 Å². The van der Waals surface area contributed by atoms with Crippen molar-refractivity contribution in [3.8, 4) is 5.75 Å². The number of hydrogen-bond donors (Lipinski definition) is 1. The summed E-state index contributed by atoms with van der Waals surface area (Å²) in [5.41, 5.74) is 10.4. The number of benzene rings is 3. The minimum atomic E-state index is -0.417. The zero-order valence-corrected chi connectivity index (χ0v) is 28.5. The zero-order valence-electron chi connectivity index (χ0n) is 26.2. The first-order chi connectivity index (χ1) is 21.5. The molecule has 0 atom stereocenters. The molecule has 2 N–H and O–H groups in total. The van der Waals surface area contributed by atoms with Crippen LogP contribution >= 0.6 is 27.5 Å². The maximum atomic E-state index is 12.7. The summed E-state index contributed by atoms with van der Waals surface area (Å²) >= 11 is 9.27. The Labute approximate surface area is 277 Å². The van der Waals surface area contributed by atoms with Crippen molar-refractivity contribution >= 4 is 62.0 Å². The Bertz CT molecular complexity index is 1630. The summed E-state index contributed by atoms with van der Waals surface area (Å²) in [5.74, 6) is -0.0490. The van der Waals surface area contributed by atoms with E-state index in [-0.39, 0.29) is 25.1 Å². The first-order valence-electron chi connectivity index (χ1n) is 14.6. The molecule has 3 aromatic carbocycles. The maximum Gasteiger partial charge on any atom is 0.338 e. The van der Waals surface area contributed by atoms with E-state index in [2.05, 4.69) is 34.7 Å². The number of halogens is 2. The van der Waals surface area contributed by atoms with E-state index >= 15 is 0 Å². The summed E-state index contributed by atoms with van der Waals surface area (Å²) in [6.45, 7) is 10.3. The van der Waals surface area contributed by atoms with Gasteiger partial charge in [0.15, 0.2) is 0 Å². The fourth-order valence-electron chi connectivity index (χ4n) is 4.58. The highest BCUT2D eigenvalue weighted by Crippen LogP contribution is 2.28. The Kier molecular flexibility index (Phi) is 13.5. The number of methoxy groups -OCH3 is 1. The standard InChI is InChI=1S/C17H25BrN2O4.C17H14ClNO2/c1-4-20(5-2)11-14-9-13(10-15(18)16(14)19)17(22)24-8-6-7-23-12(3)21;1-11-9-13-10-15(21-2)7-8-16(13)19(11)17(20)12-3-5-14(18)6-4-12/h9-10H,4-8,11,19H2,1-3H3;3-10H,1-2H3. The van der Waals surface area contributed by atoms with Crippen LogP contribution in [0.1, 0.15) is 59.2 Å². The van der Waals surface area contributed by atoms with Crippen LogP contribution in [0, 0.1) is 6.92 Å².